The fourth-order valence-electron chi connectivity index (χ4n) is 1.90. The maximum Gasteiger partial charge on any atom is 0.387 e. The van der Waals surface area contributed by atoms with Gasteiger partial charge in [-0.2, -0.15) is 8.78 Å². The third-order valence-corrected chi connectivity index (χ3v) is 3.93. The number of carbonyl (C=O) groups excluding carboxylic acids is 2. The van der Waals surface area contributed by atoms with Gasteiger partial charge in [-0.15, -0.1) is 11.3 Å². The van der Waals surface area contributed by atoms with Crippen LogP contribution in [0.5, 0.6) is 5.75 Å². The van der Waals surface area contributed by atoms with Crippen LogP contribution in [0.3, 0.4) is 0 Å². The van der Waals surface area contributed by atoms with E-state index in [9.17, 15) is 18.4 Å². The maximum absolute atomic E-state index is 12.2. The normalized spacial score (nSPS) is 10.2. The third kappa shape index (κ3) is 6.90. The minimum absolute atomic E-state index is 0.0501. The van der Waals surface area contributed by atoms with Crippen molar-refractivity contribution >= 4 is 34.2 Å². The highest BCUT2D eigenvalue weighted by atomic mass is 32.1. The van der Waals surface area contributed by atoms with E-state index in [2.05, 4.69) is 22.4 Å². The van der Waals surface area contributed by atoms with Gasteiger partial charge < -0.3 is 21.5 Å². The topological polar surface area (TPSA) is 107 Å². The van der Waals surface area contributed by atoms with Crippen molar-refractivity contribution in [2.45, 2.75) is 13.5 Å². The van der Waals surface area contributed by atoms with Gasteiger partial charge >= 0.3 is 6.61 Å². The summed E-state index contributed by atoms with van der Waals surface area (Å²) in [5, 5.41) is 2.93. The summed E-state index contributed by atoms with van der Waals surface area (Å²) in [6, 6.07) is 6.79. The van der Waals surface area contributed by atoms with Gasteiger partial charge in [0.1, 0.15) is 10.8 Å². The standard InChI is InChI=1S/C16H14F2N2O3S.C2H5N/c1-2-3-11-8-12(13(19)21)15(24-11)20-14(22)9-4-6-10(7-5-9)23-16(17)18;1-2-3/h2-8,16H,1H3,(H2,19,21)(H,20,22);2H,1,3H2/b3-2+;. The van der Waals surface area contributed by atoms with Crippen LogP contribution >= 0.6 is 11.3 Å². The molecule has 1 aromatic heterocycles. The van der Waals surface area contributed by atoms with Crippen LogP contribution in [0.25, 0.3) is 6.08 Å². The summed E-state index contributed by atoms with van der Waals surface area (Å²) >= 11 is 1.20. The highest BCUT2D eigenvalue weighted by Crippen LogP contribution is 2.29. The van der Waals surface area contributed by atoms with E-state index in [1.54, 1.807) is 18.2 Å². The zero-order chi connectivity index (χ0) is 20.4. The molecule has 144 valence electrons. The Bertz CT molecular complexity index is 818. The second-order valence-corrected chi connectivity index (χ2v) is 5.93. The number of anilines is 1. The van der Waals surface area contributed by atoms with Crippen LogP contribution in [-0.2, 0) is 0 Å². The monoisotopic (exact) mass is 395 g/mol. The number of alkyl halides is 2. The van der Waals surface area contributed by atoms with Crippen molar-refractivity contribution in [1.82, 2.24) is 0 Å². The summed E-state index contributed by atoms with van der Waals surface area (Å²) in [5.41, 5.74) is 10.4. The van der Waals surface area contributed by atoms with Crippen molar-refractivity contribution < 1.29 is 23.1 Å². The first-order valence-electron chi connectivity index (χ1n) is 7.57. The Balaban J connectivity index is 0.00000114. The summed E-state index contributed by atoms with van der Waals surface area (Å²) in [4.78, 5) is 24.5. The van der Waals surface area contributed by atoms with Gasteiger partial charge in [0.05, 0.1) is 5.56 Å². The lowest BCUT2D eigenvalue weighted by atomic mass is 10.2. The van der Waals surface area contributed by atoms with Crippen LogP contribution in [0.15, 0.2) is 49.2 Å². The molecule has 0 saturated heterocycles. The largest absolute Gasteiger partial charge is 0.435 e. The fourth-order valence-corrected chi connectivity index (χ4v) is 2.93. The van der Waals surface area contributed by atoms with Crippen LogP contribution in [0, 0.1) is 0 Å². The number of nitrogens with two attached hydrogens (primary N) is 2. The van der Waals surface area contributed by atoms with Crippen LogP contribution in [0.1, 0.15) is 32.5 Å². The minimum Gasteiger partial charge on any atom is -0.435 e. The lowest BCUT2D eigenvalue weighted by Gasteiger charge is -2.07. The summed E-state index contributed by atoms with van der Waals surface area (Å²) in [5.74, 6) is -1.20. The number of hydrogen-bond donors (Lipinski definition) is 3. The molecule has 6 nitrogen and oxygen atoms in total. The van der Waals surface area contributed by atoms with Gasteiger partial charge in [-0.05, 0) is 49.5 Å². The molecule has 0 saturated carbocycles. The van der Waals surface area contributed by atoms with Gasteiger partial charge in [0, 0.05) is 10.4 Å². The van der Waals surface area contributed by atoms with Crippen LogP contribution < -0.4 is 21.5 Å². The van der Waals surface area contributed by atoms with E-state index < -0.39 is 18.4 Å². The average molecular weight is 395 g/mol. The van der Waals surface area contributed by atoms with Crippen molar-refractivity contribution in [3.05, 3.63) is 65.2 Å². The first-order chi connectivity index (χ1) is 12.8. The number of halogens is 2. The Morgan fingerprint density at radius 1 is 1.30 bits per heavy atom. The highest BCUT2D eigenvalue weighted by molar-refractivity contribution is 7.17. The van der Waals surface area contributed by atoms with Gasteiger partial charge in [0.25, 0.3) is 11.8 Å². The Hall–Kier alpha value is -3.20. The number of nitrogens with one attached hydrogen (secondary N) is 1. The molecule has 2 amide bonds. The molecule has 0 aliphatic rings. The lowest BCUT2D eigenvalue weighted by Crippen LogP contribution is -2.16. The van der Waals surface area contributed by atoms with Gasteiger partial charge in [-0.3, -0.25) is 9.59 Å². The zero-order valence-corrected chi connectivity index (χ0v) is 15.3. The molecular formula is C18H19F2N3O3S. The minimum atomic E-state index is -2.93. The first kappa shape index (κ1) is 21.8. The highest BCUT2D eigenvalue weighted by Gasteiger charge is 2.16. The number of benzene rings is 1. The van der Waals surface area contributed by atoms with Crippen molar-refractivity contribution in [2.75, 3.05) is 5.32 Å². The molecule has 1 aromatic carbocycles. The lowest BCUT2D eigenvalue weighted by molar-refractivity contribution is -0.0498. The first-order valence-corrected chi connectivity index (χ1v) is 8.39. The molecule has 0 radical (unpaired) electrons. The summed E-state index contributed by atoms with van der Waals surface area (Å²) in [6.45, 7) is 2.03. The predicted octanol–water partition coefficient (Wildman–Crippen LogP) is 3.82. The van der Waals surface area contributed by atoms with Crippen molar-refractivity contribution in [3.63, 3.8) is 0 Å². The number of thiophene rings is 1. The van der Waals surface area contributed by atoms with Gasteiger partial charge in [0.15, 0.2) is 0 Å². The quantitative estimate of drug-likeness (QED) is 0.691. The molecular weight excluding hydrogens is 376 g/mol. The molecule has 0 aliphatic heterocycles. The molecule has 2 aromatic rings. The summed E-state index contributed by atoms with van der Waals surface area (Å²) in [7, 11) is 0. The third-order valence-electron chi connectivity index (χ3n) is 2.92. The molecule has 1 heterocycles. The van der Waals surface area contributed by atoms with E-state index in [1.165, 1.54) is 41.8 Å². The Kier molecular flexibility index (Phi) is 8.67. The number of hydrogen-bond acceptors (Lipinski definition) is 5. The molecule has 0 atom stereocenters. The predicted molar refractivity (Wildman–Crippen MR) is 103 cm³/mol. The van der Waals surface area contributed by atoms with Crippen molar-refractivity contribution in [1.29, 1.82) is 0 Å². The zero-order valence-electron chi connectivity index (χ0n) is 14.4. The van der Waals surface area contributed by atoms with E-state index in [0.717, 1.165) is 4.88 Å². The van der Waals surface area contributed by atoms with E-state index in [-0.39, 0.29) is 16.9 Å². The molecule has 0 unspecified atom stereocenters. The Labute approximate surface area is 159 Å². The smallest absolute Gasteiger partial charge is 0.387 e. The molecule has 0 bridgehead atoms. The molecule has 2 rings (SSSR count). The van der Waals surface area contributed by atoms with Gasteiger partial charge in [-0.1, -0.05) is 12.7 Å². The summed E-state index contributed by atoms with van der Waals surface area (Å²) < 4.78 is 28.4. The average Bonchev–Trinajstić information content (AvgIpc) is 2.99. The molecule has 27 heavy (non-hydrogen) atoms. The number of allylic oxidation sites excluding steroid dienone is 1. The number of primary amides is 1. The second kappa shape index (κ2) is 10.7. The Morgan fingerprint density at radius 2 is 1.89 bits per heavy atom. The SMILES string of the molecule is C/C=C/c1cc(C(N)=O)c(NC(=O)c2ccc(OC(F)F)cc2)s1.C=CN. The molecule has 5 N–H and O–H groups in total. The molecule has 0 spiro atoms. The number of amides is 2. The number of rotatable bonds is 6. The van der Waals surface area contributed by atoms with Gasteiger partial charge in [-0.25, -0.2) is 0 Å². The molecule has 0 aliphatic carbocycles. The van der Waals surface area contributed by atoms with Crippen LogP contribution in [0.2, 0.25) is 0 Å². The van der Waals surface area contributed by atoms with Crippen LogP contribution in [-0.4, -0.2) is 18.4 Å². The second-order valence-electron chi connectivity index (χ2n) is 4.85. The van der Waals surface area contributed by atoms with Crippen molar-refractivity contribution in [3.8, 4) is 5.75 Å². The fraction of sp³-hybridized carbons (Fsp3) is 0.111. The molecule has 9 heteroatoms. The van der Waals surface area contributed by atoms with Gasteiger partial charge in [0.2, 0.25) is 0 Å². The number of ether oxygens (including phenoxy) is 1. The molecule has 0 fully saturated rings. The maximum atomic E-state index is 12.2. The van der Waals surface area contributed by atoms with Crippen LogP contribution in [0.4, 0.5) is 13.8 Å². The number of carbonyl (C=O) groups is 2. The van der Waals surface area contributed by atoms with Crippen molar-refractivity contribution in [2.24, 2.45) is 11.5 Å². The van der Waals surface area contributed by atoms with E-state index >= 15 is 0 Å². The van der Waals surface area contributed by atoms with E-state index in [1.807, 2.05) is 6.92 Å². The summed E-state index contributed by atoms with van der Waals surface area (Å²) in [6.07, 6.45) is 4.83. The van der Waals surface area contributed by atoms with E-state index in [4.69, 9.17) is 5.73 Å². The Morgan fingerprint density at radius 3 is 2.37 bits per heavy atom. The van der Waals surface area contributed by atoms with E-state index in [0.29, 0.717) is 5.00 Å².